The van der Waals surface area contributed by atoms with Crippen LogP contribution in [-0.4, -0.2) is 10.3 Å². The molecule has 1 heterocycles. The second-order valence-electron chi connectivity index (χ2n) is 4.08. The maximum absolute atomic E-state index is 13.1. The van der Waals surface area contributed by atoms with Crippen molar-refractivity contribution >= 4 is 0 Å². The van der Waals surface area contributed by atoms with Crippen LogP contribution in [0.1, 0.15) is 30.0 Å². The van der Waals surface area contributed by atoms with Gasteiger partial charge in [-0.3, -0.25) is 0 Å². The van der Waals surface area contributed by atoms with Crippen molar-refractivity contribution in [1.82, 2.24) is 5.16 Å². The molecule has 0 aliphatic rings. The zero-order valence-electron chi connectivity index (χ0n) is 10.2. The van der Waals surface area contributed by atoms with Crippen LogP contribution in [0.5, 0.6) is 5.75 Å². The number of hydrogen-bond acceptors (Lipinski definition) is 4. The molecule has 2 rings (SSSR count). The van der Waals surface area contributed by atoms with Crippen LogP contribution < -0.4 is 4.74 Å². The van der Waals surface area contributed by atoms with Crippen LogP contribution in [0.15, 0.2) is 28.8 Å². The molecule has 1 N–H and O–H groups in total. The number of aromatic nitrogens is 1. The van der Waals surface area contributed by atoms with Gasteiger partial charge in [-0.1, -0.05) is 5.16 Å². The summed E-state index contributed by atoms with van der Waals surface area (Å²) in [4.78, 5) is 0. The summed E-state index contributed by atoms with van der Waals surface area (Å²) in [6.45, 7) is 3.54. The molecule has 0 bridgehead atoms. The number of hydrogen-bond donors (Lipinski definition) is 1. The molecule has 1 aromatic heterocycles. The molecule has 4 nitrogen and oxygen atoms in total. The van der Waals surface area contributed by atoms with Crippen LogP contribution in [0, 0.1) is 12.7 Å². The highest BCUT2D eigenvalue weighted by Gasteiger charge is 2.11. The Balaban J connectivity index is 2.15. The molecule has 2 aromatic rings. The predicted molar refractivity (Wildman–Crippen MR) is 62.6 cm³/mol. The summed E-state index contributed by atoms with van der Waals surface area (Å²) in [5, 5.41) is 13.3. The summed E-state index contributed by atoms with van der Waals surface area (Å²) in [5.41, 5.74) is 1.29. The van der Waals surface area contributed by atoms with Crippen molar-refractivity contribution < 1.29 is 18.8 Å². The first kappa shape index (κ1) is 12.6. The van der Waals surface area contributed by atoms with Gasteiger partial charge in [0.05, 0.1) is 11.8 Å². The Morgan fingerprint density at radius 2 is 2.22 bits per heavy atom. The van der Waals surface area contributed by atoms with Gasteiger partial charge in [0.1, 0.15) is 18.2 Å². The number of nitrogens with zero attached hydrogens (tertiary/aromatic N) is 1. The van der Waals surface area contributed by atoms with E-state index in [2.05, 4.69) is 5.16 Å². The van der Waals surface area contributed by atoms with E-state index >= 15 is 0 Å². The van der Waals surface area contributed by atoms with Gasteiger partial charge in [-0.05, 0) is 26.0 Å². The summed E-state index contributed by atoms with van der Waals surface area (Å²) < 4.78 is 23.6. The minimum Gasteiger partial charge on any atom is -0.485 e. The Kier molecular flexibility index (Phi) is 3.62. The number of ether oxygens (including phenoxy) is 1. The number of rotatable bonds is 4. The van der Waals surface area contributed by atoms with Gasteiger partial charge < -0.3 is 14.4 Å². The lowest BCUT2D eigenvalue weighted by molar-refractivity contribution is 0.186. The summed E-state index contributed by atoms with van der Waals surface area (Å²) in [6.07, 6.45) is -0.725. The van der Waals surface area contributed by atoms with Gasteiger partial charge in [0, 0.05) is 17.7 Å². The highest BCUT2D eigenvalue weighted by molar-refractivity contribution is 5.35. The van der Waals surface area contributed by atoms with Gasteiger partial charge in [0.15, 0.2) is 5.76 Å². The number of aliphatic hydroxyl groups is 1. The van der Waals surface area contributed by atoms with Crippen molar-refractivity contribution in [1.29, 1.82) is 0 Å². The molecule has 0 spiro atoms. The van der Waals surface area contributed by atoms with Gasteiger partial charge in [0.2, 0.25) is 0 Å². The molecular weight excluding hydrogens is 237 g/mol. The second-order valence-corrected chi connectivity index (χ2v) is 4.08. The lowest BCUT2D eigenvalue weighted by atomic mass is 10.1. The average Bonchev–Trinajstić information content (AvgIpc) is 2.72. The SMILES string of the molecule is Cc1cc(COc2cc(F)ccc2C(C)O)on1. The van der Waals surface area contributed by atoms with E-state index in [-0.39, 0.29) is 6.61 Å². The van der Waals surface area contributed by atoms with Crippen molar-refractivity contribution in [3.63, 3.8) is 0 Å². The Morgan fingerprint density at radius 3 is 2.83 bits per heavy atom. The maximum atomic E-state index is 13.1. The standard InChI is InChI=1S/C13H14FNO3/c1-8-5-11(18-15-8)7-17-13-6-10(14)3-4-12(13)9(2)16/h3-6,9,16H,7H2,1-2H3. The van der Waals surface area contributed by atoms with E-state index in [1.165, 1.54) is 18.2 Å². The Morgan fingerprint density at radius 1 is 1.44 bits per heavy atom. The fourth-order valence-electron chi connectivity index (χ4n) is 1.61. The molecule has 18 heavy (non-hydrogen) atoms. The van der Waals surface area contributed by atoms with E-state index in [0.29, 0.717) is 17.1 Å². The molecule has 0 radical (unpaired) electrons. The second kappa shape index (κ2) is 5.18. The van der Waals surface area contributed by atoms with E-state index in [0.717, 1.165) is 5.69 Å². The Bertz CT molecular complexity index is 537. The van der Waals surface area contributed by atoms with Gasteiger partial charge in [-0.15, -0.1) is 0 Å². The zero-order valence-corrected chi connectivity index (χ0v) is 10.2. The van der Waals surface area contributed by atoms with Gasteiger partial charge in [-0.25, -0.2) is 4.39 Å². The molecule has 5 heteroatoms. The topological polar surface area (TPSA) is 55.5 Å². The Labute approximate surface area is 104 Å². The van der Waals surface area contributed by atoms with Crippen LogP contribution in [0.4, 0.5) is 4.39 Å². The van der Waals surface area contributed by atoms with E-state index in [1.807, 2.05) is 0 Å². The third kappa shape index (κ3) is 2.87. The maximum Gasteiger partial charge on any atom is 0.174 e. The van der Waals surface area contributed by atoms with Crippen molar-refractivity contribution in [2.24, 2.45) is 0 Å². The van der Waals surface area contributed by atoms with Crippen molar-refractivity contribution in [3.05, 3.63) is 47.1 Å². The average molecular weight is 251 g/mol. The normalized spacial score (nSPS) is 12.4. The molecule has 1 aromatic carbocycles. The third-order valence-electron chi connectivity index (χ3n) is 2.47. The third-order valence-corrected chi connectivity index (χ3v) is 2.47. The lowest BCUT2D eigenvalue weighted by Crippen LogP contribution is -2.01. The smallest absolute Gasteiger partial charge is 0.174 e. The monoisotopic (exact) mass is 251 g/mol. The predicted octanol–water partition coefficient (Wildman–Crippen LogP) is 2.75. The molecule has 0 fully saturated rings. The largest absolute Gasteiger partial charge is 0.485 e. The first-order valence-electron chi connectivity index (χ1n) is 5.59. The summed E-state index contributed by atoms with van der Waals surface area (Å²) in [7, 11) is 0. The molecule has 1 atom stereocenters. The minimum absolute atomic E-state index is 0.143. The number of aryl methyl sites for hydroxylation is 1. The van der Waals surface area contributed by atoms with Crippen LogP contribution in [0.25, 0.3) is 0 Å². The zero-order chi connectivity index (χ0) is 13.1. The van der Waals surface area contributed by atoms with Crippen molar-refractivity contribution in [2.45, 2.75) is 26.6 Å². The molecule has 1 unspecified atom stereocenters. The van der Waals surface area contributed by atoms with Crippen LogP contribution in [0.3, 0.4) is 0 Å². The fraction of sp³-hybridized carbons (Fsp3) is 0.308. The molecular formula is C13H14FNO3. The molecule has 0 aliphatic heterocycles. The molecule has 0 amide bonds. The first-order chi connectivity index (χ1) is 8.56. The van der Waals surface area contributed by atoms with E-state index in [1.54, 1.807) is 19.9 Å². The highest BCUT2D eigenvalue weighted by atomic mass is 19.1. The van der Waals surface area contributed by atoms with Crippen molar-refractivity contribution in [3.8, 4) is 5.75 Å². The number of halogens is 1. The number of benzene rings is 1. The Hall–Kier alpha value is -1.88. The molecule has 0 saturated heterocycles. The van der Waals surface area contributed by atoms with Gasteiger partial charge in [-0.2, -0.15) is 0 Å². The van der Waals surface area contributed by atoms with Gasteiger partial charge in [0.25, 0.3) is 0 Å². The van der Waals surface area contributed by atoms with Crippen LogP contribution in [0.2, 0.25) is 0 Å². The summed E-state index contributed by atoms with van der Waals surface area (Å²) >= 11 is 0. The minimum atomic E-state index is -0.725. The first-order valence-corrected chi connectivity index (χ1v) is 5.59. The quantitative estimate of drug-likeness (QED) is 0.907. The van der Waals surface area contributed by atoms with Crippen LogP contribution >= 0.6 is 0 Å². The fourth-order valence-corrected chi connectivity index (χ4v) is 1.61. The summed E-state index contributed by atoms with van der Waals surface area (Å²) in [6, 6.07) is 5.76. The van der Waals surface area contributed by atoms with Crippen molar-refractivity contribution in [2.75, 3.05) is 0 Å². The van der Waals surface area contributed by atoms with E-state index < -0.39 is 11.9 Å². The molecule has 0 aliphatic carbocycles. The van der Waals surface area contributed by atoms with E-state index in [4.69, 9.17) is 9.26 Å². The lowest BCUT2D eigenvalue weighted by Gasteiger charge is -2.12. The molecule has 96 valence electrons. The van der Waals surface area contributed by atoms with Gasteiger partial charge >= 0.3 is 0 Å². The van der Waals surface area contributed by atoms with E-state index in [9.17, 15) is 9.50 Å². The number of aliphatic hydroxyl groups excluding tert-OH is 1. The van der Waals surface area contributed by atoms with Crippen LogP contribution in [-0.2, 0) is 6.61 Å². The molecule has 0 saturated carbocycles. The summed E-state index contributed by atoms with van der Waals surface area (Å²) in [5.74, 6) is 0.440. The highest BCUT2D eigenvalue weighted by Crippen LogP contribution is 2.26.